The van der Waals surface area contributed by atoms with E-state index in [1.807, 2.05) is 18.2 Å². The maximum absolute atomic E-state index is 12.4. The zero-order valence-corrected chi connectivity index (χ0v) is 14.3. The molecule has 0 atom stereocenters. The lowest BCUT2D eigenvalue weighted by molar-refractivity contribution is -0.122. The van der Waals surface area contributed by atoms with Crippen molar-refractivity contribution in [3.63, 3.8) is 0 Å². The monoisotopic (exact) mass is 337 g/mol. The highest BCUT2D eigenvalue weighted by Gasteiger charge is 2.17. The van der Waals surface area contributed by atoms with Crippen molar-refractivity contribution >= 4 is 16.7 Å². The average molecular weight is 337 g/mol. The van der Waals surface area contributed by atoms with Crippen molar-refractivity contribution in [2.45, 2.75) is 51.6 Å². The van der Waals surface area contributed by atoms with Crippen LogP contribution in [0.3, 0.4) is 0 Å². The molecule has 1 fully saturated rings. The van der Waals surface area contributed by atoms with Crippen molar-refractivity contribution in [1.29, 1.82) is 0 Å². The Balaban J connectivity index is 1.76. The lowest BCUT2D eigenvalue weighted by Gasteiger charge is -2.20. The molecule has 1 heterocycles. The molecule has 130 valence electrons. The lowest BCUT2D eigenvalue weighted by Crippen LogP contribution is -2.29. The van der Waals surface area contributed by atoms with E-state index < -0.39 is 0 Å². The van der Waals surface area contributed by atoms with E-state index in [0.717, 1.165) is 18.2 Å². The van der Waals surface area contributed by atoms with Gasteiger partial charge in [-0.2, -0.15) is 5.10 Å². The summed E-state index contributed by atoms with van der Waals surface area (Å²) in [6.45, 7) is 0.420. The molecule has 5 nitrogen and oxygen atoms in total. The van der Waals surface area contributed by atoms with E-state index in [9.17, 15) is 9.59 Å². The topological polar surface area (TPSA) is 64.0 Å². The third-order valence-electron chi connectivity index (χ3n) is 4.84. The van der Waals surface area contributed by atoms with Crippen molar-refractivity contribution in [2.75, 3.05) is 0 Å². The number of carbonyl (C=O) groups excluding carboxylic acids is 1. The second-order valence-corrected chi connectivity index (χ2v) is 6.64. The minimum absolute atomic E-state index is 0.0486. The number of rotatable bonds is 5. The fourth-order valence-electron chi connectivity index (χ4n) is 3.54. The van der Waals surface area contributed by atoms with Crippen LogP contribution in [0, 0.1) is 18.3 Å². The fourth-order valence-corrected chi connectivity index (χ4v) is 3.54. The lowest BCUT2D eigenvalue weighted by atomic mass is 9.87. The Labute approximate surface area is 147 Å². The first-order valence-electron chi connectivity index (χ1n) is 8.88. The predicted molar refractivity (Wildman–Crippen MR) is 97.9 cm³/mol. The predicted octanol–water partition coefficient (Wildman–Crippen LogP) is 2.62. The Hall–Kier alpha value is -2.61. The van der Waals surface area contributed by atoms with Gasteiger partial charge in [-0.15, -0.1) is 6.42 Å². The number of hydrogen-bond acceptors (Lipinski definition) is 3. The van der Waals surface area contributed by atoms with Crippen LogP contribution in [0.25, 0.3) is 10.8 Å². The maximum Gasteiger partial charge on any atom is 0.275 e. The molecule has 2 aromatic rings. The number of nitrogens with zero attached hydrogens (tertiary/aromatic N) is 2. The van der Waals surface area contributed by atoms with Crippen LogP contribution < -0.4 is 10.9 Å². The smallest absolute Gasteiger partial charge is 0.275 e. The molecule has 1 aliphatic carbocycles. The van der Waals surface area contributed by atoms with Crippen molar-refractivity contribution in [3.05, 3.63) is 40.3 Å². The van der Waals surface area contributed by atoms with Crippen molar-refractivity contribution in [2.24, 2.45) is 5.92 Å². The molecule has 25 heavy (non-hydrogen) atoms. The molecule has 1 aromatic heterocycles. The van der Waals surface area contributed by atoms with Gasteiger partial charge in [-0.05, 0) is 24.8 Å². The van der Waals surface area contributed by atoms with Crippen LogP contribution in [0.4, 0.5) is 0 Å². The van der Waals surface area contributed by atoms with Crippen molar-refractivity contribution in [3.8, 4) is 12.3 Å². The summed E-state index contributed by atoms with van der Waals surface area (Å²) in [7, 11) is 0. The van der Waals surface area contributed by atoms with E-state index >= 15 is 0 Å². The molecule has 0 bridgehead atoms. The van der Waals surface area contributed by atoms with Gasteiger partial charge in [0.1, 0.15) is 6.54 Å². The highest BCUT2D eigenvalue weighted by Crippen LogP contribution is 2.26. The molecule has 1 N–H and O–H groups in total. The van der Waals surface area contributed by atoms with Gasteiger partial charge < -0.3 is 5.32 Å². The Morgan fingerprint density at radius 3 is 2.68 bits per heavy atom. The van der Waals surface area contributed by atoms with Crippen LogP contribution in [0.5, 0.6) is 0 Å². The summed E-state index contributed by atoms with van der Waals surface area (Å²) in [4.78, 5) is 24.6. The fraction of sp³-hybridized carbons (Fsp3) is 0.450. The van der Waals surface area contributed by atoms with Gasteiger partial charge in [0.15, 0.2) is 0 Å². The second kappa shape index (κ2) is 7.98. The van der Waals surface area contributed by atoms with E-state index in [1.165, 1.54) is 23.9 Å². The molecule has 3 rings (SSSR count). The van der Waals surface area contributed by atoms with Gasteiger partial charge >= 0.3 is 0 Å². The summed E-state index contributed by atoms with van der Waals surface area (Å²) in [6.07, 6.45) is 11.9. The zero-order chi connectivity index (χ0) is 17.6. The van der Waals surface area contributed by atoms with Crippen LogP contribution in [-0.4, -0.2) is 15.7 Å². The quantitative estimate of drug-likeness (QED) is 0.853. The van der Waals surface area contributed by atoms with Gasteiger partial charge in [-0.1, -0.05) is 43.4 Å². The molecular weight excluding hydrogens is 314 g/mol. The number of hydrogen-bond donors (Lipinski definition) is 1. The minimum atomic E-state index is -0.203. The summed E-state index contributed by atoms with van der Waals surface area (Å²) in [6, 6.07) is 7.30. The number of nitrogens with one attached hydrogen (secondary N) is 1. The Morgan fingerprint density at radius 1 is 1.24 bits per heavy atom. The molecule has 5 heteroatoms. The van der Waals surface area contributed by atoms with E-state index in [0.29, 0.717) is 30.0 Å². The second-order valence-electron chi connectivity index (χ2n) is 6.64. The molecule has 0 radical (unpaired) electrons. The Morgan fingerprint density at radius 2 is 1.96 bits per heavy atom. The number of fused-ring (bicyclic) bond motifs is 1. The van der Waals surface area contributed by atoms with Crippen LogP contribution in [-0.2, 0) is 17.9 Å². The number of carbonyl (C=O) groups is 1. The van der Waals surface area contributed by atoms with E-state index in [-0.39, 0.29) is 18.0 Å². The Bertz CT molecular complexity index is 857. The van der Waals surface area contributed by atoms with Gasteiger partial charge in [0.05, 0.1) is 17.6 Å². The average Bonchev–Trinajstić information content (AvgIpc) is 2.64. The molecule has 0 unspecified atom stereocenters. The van der Waals surface area contributed by atoms with Gasteiger partial charge in [0.25, 0.3) is 5.56 Å². The first-order valence-corrected chi connectivity index (χ1v) is 8.88. The van der Waals surface area contributed by atoms with Crippen molar-refractivity contribution in [1.82, 2.24) is 15.1 Å². The molecule has 0 saturated heterocycles. The van der Waals surface area contributed by atoms with Crippen LogP contribution in [0.2, 0.25) is 0 Å². The van der Waals surface area contributed by atoms with E-state index in [2.05, 4.69) is 16.3 Å². The standard InChI is InChI=1S/C20H23N3O2/c1-2-12-23-20(25)17-11-7-6-10-16(17)18(22-23)14-21-19(24)13-15-8-4-3-5-9-15/h1,6-7,10-11,15H,3-5,8-9,12-14H2,(H,21,24). The van der Waals surface area contributed by atoms with Gasteiger partial charge in [-0.3, -0.25) is 9.59 Å². The number of aromatic nitrogens is 2. The van der Waals surface area contributed by atoms with Crippen LogP contribution >= 0.6 is 0 Å². The van der Waals surface area contributed by atoms with Crippen molar-refractivity contribution < 1.29 is 4.79 Å². The van der Waals surface area contributed by atoms with Gasteiger partial charge in [0.2, 0.25) is 5.91 Å². The molecule has 1 saturated carbocycles. The molecule has 1 aliphatic rings. The Kier molecular flexibility index (Phi) is 5.49. The highest BCUT2D eigenvalue weighted by molar-refractivity contribution is 5.84. The highest BCUT2D eigenvalue weighted by atomic mass is 16.1. The summed E-state index contributed by atoms with van der Waals surface area (Å²) in [5.41, 5.74) is 0.466. The normalized spacial score (nSPS) is 15.0. The molecule has 0 spiro atoms. The SMILES string of the molecule is C#CCn1nc(CNC(=O)CC2CCCCC2)c2ccccc2c1=O. The summed E-state index contributed by atoms with van der Waals surface area (Å²) >= 11 is 0. The first kappa shape index (κ1) is 17.2. The largest absolute Gasteiger partial charge is 0.350 e. The molecular formula is C20H23N3O2. The maximum atomic E-state index is 12.4. The number of benzene rings is 1. The van der Waals surface area contributed by atoms with Gasteiger partial charge in [-0.25, -0.2) is 4.68 Å². The van der Waals surface area contributed by atoms with E-state index in [4.69, 9.17) is 6.42 Å². The van der Waals surface area contributed by atoms with Gasteiger partial charge in [0, 0.05) is 11.8 Å². The van der Waals surface area contributed by atoms with Crippen LogP contribution in [0.1, 0.15) is 44.2 Å². The summed E-state index contributed by atoms with van der Waals surface area (Å²) in [5, 5.41) is 8.65. The number of terminal acetylenes is 1. The van der Waals surface area contributed by atoms with Crippen LogP contribution in [0.15, 0.2) is 29.1 Å². The minimum Gasteiger partial charge on any atom is -0.350 e. The first-order chi connectivity index (χ1) is 12.2. The molecule has 1 aromatic carbocycles. The molecule has 0 aliphatic heterocycles. The molecule has 1 amide bonds. The summed E-state index contributed by atoms with van der Waals surface area (Å²) < 4.78 is 1.28. The zero-order valence-electron chi connectivity index (χ0n) is 14.3. The third kappa shape index (κ3) is 4.08. The number of amides is 1. The third-order valence-corrected chi connectivity index (χ3v) is 4.84. The summed E-state index contributed by atoms with van der Waals surface area (Å²) in [5.74, 6) is 2.99. The van der Waals surface area contributed by atoms with E-state index in [1.54, 1.807) is 6.07 Å².